The summed E-state index contributed by atoms with van der Waals surface area (Å²) in [5, 5.41) is 19.5. The number of rotatable bonds is 3. The molecule has 4 rings (SSSR count). The summed E-state index contributed by atoms with van der Waals surface area (Å²) in [5.41, 5.74) is -2.27. The number of halogens is 1. The Morgan fingerprint density at radius 3 is 1.33 bits per heavy atom. The van der Waals surface area contributed by atoms with Gasteiger partial charge in [-0.1, -0.05) is 20.3 Å². The fraction of sp³-hybridized carbons (Fsp3) is 0.892. The number of ketones is 1. The molecule has 4 fully saturated rings. The Morgan fingerprint density at radius 1 is 0.635 bits per heavy atom. The van der Waals surface area contributed by atoms with E-state index in [9.17, 15) is 24.6 Å². The molecule has 2 amide bonds. The van der Waals surface area contributed by atoms with Crippen LogP contribution >= 0.6 is 40.5 Å². The Labute approximate surface area is 366 Å². The van der Waals surface area contributed by atoms with Crippen molar-refractivity contribution in [2.75, 3.05) is 26.3 Å². The van der Waals surface area contributed by atoms with Gasteiger partial charge in [-0.15, -0.1) is 0 Å². The number of nitrogens with zero attached hydrogens (tertiary/aromatic N) is 2. The molecule has 0 aromatic rings. The number of carbonyl (C=O) groups excluding carboxylic acids is 3. The molecule has 3 heterocycles. The Kier molecular flexibility index (Phi) is 39.4. The number of ether oxygens (including phenoxy) is 3. The van der Waals surface area contributed by atoms with Crippen LogP contribution in [0.5, 0.6) is 0 Å². The number of carbonyl (C=O) groups is 3. The summed E-state index contributed by atoms with van der Waals surface area (Å²) in [5.74, 6) is 0.607. The van der Waals surface area contributed by atoms with Gasteiger partial charge in [-0.25, -0.2) is 9.59 Å². The van der Waals surface area contributed by atoms with Crippen molar-refractivity contribution >= 4 is 81.5 Å². The summed E-state index contributed by atoms with van der Waals surface area (Å²) in [6, 6.07) is -0.415. The zero-order valence-corrected chi connectivity index (χ0v) is 40.0. The van der Waals surface area contributed by atoms with Crippen molar-refractivity contribution in [1.82, 2.24) is 9.80 Å². The smallest absolute Gasteiger partial charge is 1.00 e. The summed E-state index contributed by atoms with van der Waals surface area (Å²) in [6.45, 7) is 23.1. The van der Waals surface area contributed by atoms with E-state index >= 15 is 0 Å². The largest absolute Gasteiger partial charge is 2.00 e. The normalized spacial score (nSPS) is 19.4. The molecule has 0 aromatic heterocycles. The number of Topliss-reactive ketones (excluding diaryl/α,β-unsaturated/α-hetero) is 1. The van der Waals surface area contributed by atoms with E-state index < -0.39 is 22.4 Å². The van der Waals surface area contributed by atoms with Gasteiger partial charge in [-0.3, -0.25) is 9.69 Å². The second-order valence-corrected chi connectivity index (χ2v) is 15.9. The number of hydrogen-bond acceptors (Lipinski definition) is 8. The number of hydrogen-bond donors (Lipinski definition) is 2. The van der Waals surface area contributed by atoms with Gasteiger partial charge < -0.3 is 53.7 Å². The molecule has 15 heteroatoms. The van der Waals surface area contributed by atoms with E-state index in [4.69, 9.17) is 14.2 Å². The molecule has 1 saturated carbocycles. The zero-order valence-electron chi connectivity index (χ0n) is 34.0. The van der Waals surface area contributed by atoms with E-state index in [1.54, 1.807) is 18.7 Å². The van der Waals surface area contributed by atoms with Crippen LogP contribution in [0.4, 0.5) is 9.59 Å². The quantitative estimate of drug-likeness (QED) is 0.303. The van der Waals surface area contributed by atoms with Gasteiger partial charge in [0.2, 0.25) is 0 Å². The van der Waals surface area contributed by atoms with Gasteiger partial charge in [0.05, 0.1) is 23.3 Å². The van der Waals surface area contributed by atoms with Gasteiger partial charge in [0, 0.05) is 26.3 Å². The van der Waals surface area contributed by atoms with Crippen molar-refractivity contribution in [3.8, 4) is 0 Å². The van der Waals surface area contributed by atoms with Crippen LogP contribution in [-0.4, -0.2) is 122 Å². The van der Waals surface area contributed by atoms with Crippen LogP contribution < -0.4 is 17.0 Å². The molecule has 2 N–H and O–H groups in total. The SMILES string of the molecule is C.C1CCOC1.CC(=O)[C@@H]1CCCN1C(=O)OC(C)(C)C.CC(C)(C)OC(=O)N1CCC[C@H]1C(C)(C)O.CC(C)(O)C1CCCC1.S.S.S.[Br-].[CH3-].[Mg+2]. The van der Waals surface area contributed by atoms with Crippen molar-refractivity contribution in [2.45, 2.75) is 182 Å². The first kappa shape index (κ1) is 67.2. The molecule has 52 heavy (non-hydrogen) atoms. The van der Waals surface area contributed by atoms with Crippen molar-refractivity contribution in [2.24, 2.45) is 5.92 Å². The van der Waals surface area contributed by atoms with Gasteiger partial charge in [-0.2, -0.15) is 40.5 Å². The first-order valence-electron chi connectivity index (χ1n) is 17.0. The molecule has 3 saturated heterocycles. The molecule has 0 spiro atoms. The van der Waals surface area contributed by atoms with Crippen LogP contribution in [0.2, 0.25) is 0 Å². The maximum absolute atomic E-state index is 11.9. The molecule has 10 nitrogen and oxygen atoms in total. The Bertz CT molecular complexity index is 924. The molecule has 0 aromatic carbocycles. The second kappa shape index (κ2) is 30.5. The zero-order chi connectivity index (χ0) is 34.6. The van der Waals surface area contributed by atoms with Crippen LogP contribution in [0, 0.1) is 13.3 Å². The van der Waals surface area contributed by atoms with Crippen molar-refractivity contribution in [3.63, 3.8) is 0 Å². The van der Waals surface area contributed by atoms with Crippen LogP contribution in [-0.2, 0) is 19.0 Å². The predicted molar refractivity (Wildman–Crippen MR) is 227 cm³/mol. The number of amides is 2. The molecule has 312 valence electrons. The van der Waals surface area contributed by atoms with Crippen LogP contribution in [0.15, 0.2) is 0 Å². The number of aliphatic hydroxyl groups is 2. The third-order valence-electron chi connectivity index (χ3n) is 8.23. The van der Waals surface area contributed by atoms with Gasteiger partial charge in [0.15, 0.2) is 5.78 Å². The molecule has 0 unspecified atom stereocenters. The third kappa shape index (κ3) is 27.9. The molecule has 1 aliphatic carbocycles. The molecule has 4 aliphatic rings. The van der Waals surface area contributed by atoms with E-state index in [1.807, 2.05) is 55.4 Å². The van der Waals surface area contributed by atoms with Crippen molar-refractivity contribution in [3.05, 3.63) is 7.43 Å². The minimum Gasteiger partial charge on any atom is -1.00 e. The molecular weight excluding hydrogens is 801 g/mol. The minimum absolute atomic E-state index is 0. The van der Waals surface area contributed by atoms with E-state index in [0.717, 1.165) is 38.9 Å². The molecule has 3 aliphatic heterocycles. The minimum atomic E-state index is -0.868. The predicted octanol–water partition coefficient (Wildman–Crippen LogP) is 4.92. The third-order valence-corrected chi connectivity index (χ3v) is 8.23. The molecule has 2 atom stereocenters. The first-order valence-corrected chi connectivity index (χ1v) is 17.0. The maximum Gasteiger partial charge on any atom is 2.00 e. The van der Waals surface area contributed by atoms with Crippen LogP contribution in [0.25, 0.3) is 0 Å². The summed E-state index contributed by atoms with van der Waals surface area (Å²) < 4.78 is 15.5. The second-order valence-electron chi connectivity index (χ2n) is 15.9. The van der Waals surface area contributed by atoms with Crippen molar-refractivity contribution < 1.29 is 55.8 Å². The van der Waals surface area contributed by atoms with E-state index in [0.29, 0.717) is 19.0 Å². The topological polar surface area (TPSA) is 126 Å². The monoisotopic (exact) mass is 878 g/mol. The number of likely N-dealkylation sites (tertiary alicyclic amines) is 2. The van der Waals surface area contributed by atoms with Gasteiger partial charge >= 0.3 is 35.2 Å². The van der Waals surface area contributed by atoms with Gasteiger partial charge in [0.25, 0.3) is 0 Å². The van der Waals surface area contributed by atoms with E-state index in [1.165, 1.54) is 50.3 Å². The summed E-state index contributed by atoms with van der Waals surface area (Å²) in [4.78, 5) is 38.1. The Morgan fingerprint density at radius 2 is 1.02 bits per heavy atom. The molecular formula is C37H79BrMgN2O8S3. The molecule has 0 bridgehead atoms. The summed E-state index contributed by atoms with van der Waals surface area (Å²) >= 11 is 0. The Balaban J connectivity index is -0.000000105. The summed E-state index contributed by atoms with van der Waals surface area (Å²) in [7, 11) is 0. The fourth-order valence-corrected chi connectivity index (χ4v) is 5.91. The first-order chi connectivity index (χ1) is 20.5. The van der Waals surface area contributed by atoms with Crippen LogP contribution in [0.3, 0.4) is 0 Å². The average molecular weight is 880 g/mol. The molecule has 0 radical (unpaired) electrons. The maximum atomic E-state index is 11.9. The summed E-state index contributed by atoms with van der Waals surface area (Å²) in [6.07, 6.45) is 10.3. The van der Waals surface area contributed by atoms with E-state index in [-0.39, 0.29) is 125 Å². The Hall–Kier alpha value is 0.386. The average Bonchev–Trinajstić information content (AvgIpc) is 3.70. The van der Waals surface area contributed by atoms with Crippen molar-refractivity contribution in [1.29, 1.82) is 0 Å². The fourth-order valence-electron chi connectivity index (χ4n) is 5.91. The van der Waals surface area contributed by atoms with Gasteiger partial charge in [0.1, 0.15) is 11.2 Å². The van der Waals surface area contributed by atoms with Crippen LogP contribution in [0.1, 0.15) is 148 Å². The standard InChI is InChI=1S/C12H23NO3.C11H19NO3.C8H16O.C4H8O.CH4.CH3.BrH.Mg.3H2S/c1-11(2,3)16-10(14)13-8-6-7-9(13)12(4,5)15;1-8(13)9-6-5-7-12(9)10(14)15-11(2,3)4;1-8(2,9)7-5-3-4-6-7;1-2-4-5-3-1;;;;;;;/h9,15H,6-8H2,1-5H3;9H,5-7H2,1-4H3;7,9H,3-6H2,1-2H3;1-4H2;1H4;1H3;1H;;3*1H2/q;;;;;-1;;+2;;;/p-1/t2*9-;;;;;;;;;/m00........./s1. The van der Waals surface area contributed by atoms with E-state index in [2.05, 4.69) is 0 Å². The van der Waals surface area contributed by atoms with Gasteiger partial charge in [-0.05, 0) is 133 Å².